The van der Waals surface area contributed by atoms with Gasteiger partial charge in [0.25, 0.3) is 10.1 Å². The summed E-state index contributed by atoms with van der Waals surface area (Å²) in [7, 11) is -3.89. The molecule has 0 aromatic carbocycles. The average molecular weight is 230 g/mol. The number of carbonyl (C=O) groups excluding carboxylic acids is 1. The van der Waals surface area contributed by atoms with Crippen molar-refractivity contribution in [1.29, 1.82) is 0 Å². The Balaban J connectivity index is 0. The van der Waals surface area contributed by atoms with Gasteiger partial charge in [-0.1, -0.05) is 6.58 Å². The molecule has 1 amide bonds. The van der Waals surface area contributed by atoms with Crippen molar-refractivity contribution in [3.63, 3.8) is 0 Å². The Morgan fingerprint density at radius 3 is 2.21 bits per heavy atom. The summed E-state index contributed by atoms with van der Waals surface area (Å²) in [6.45, 7) is 3.40. The molecular formula is C7H13NNaO4S. The summed E-state index contributed by atoms with van der Waals surface area (Å²) in [5.41, 5.74) is 5.17. The van der Waals surface area contributed by atoms with Gasteiger partial charge in [0.2, 0.25) is 5.91 Å². The summed E-state index contributed by atoms with van der Waals surface area (Å²) in [5, 5.41) is 0. The van der Waals surface area contributed by atoms with Crippen LogP contribution in [-0.4, -0.2) is 54.2 Å². The molecule has 0 aliphatic carbocycles. The maximum atomic E-state index is 10.4. The van der Waals surface area contributed by atoms with E-state index in [9.17, 15) is 13.2 Å². The Hall–Kier alpha value is 0.120. The first-order valence-corrected chi connectivity index (χ1v) is 5.36. The van der Waals surface area contributed by atoms with Crippen LogP contribution in [0.1, 0.15) is 19.3 Å². The van der Waals surface area contributed by atoms with Gasteiger partial charge in [-0.2, -0.15) is 8.42 Å². The van der Waals surface area contributed by atoms with Crippen molar-refractivity contribution >= 4 is 45.6 Å². The Labute approximate surface area is 106 Å². The van der Waals surface area contributed by atoms with Crippen LogP contribution in [0.25, 0.3) is 0 Å². The predicted octanol–water partition coefficient (Wildman–Crippen LogP) is -0.295. The van der Waals surface area contributed by atoms with Gasteiger partial charge in [-0.3, -0.25) is 9.35 Å². The first-order chi connectivity index (χ1) is 5.83. The van der Waals surface area contributed by atoms with E-state index in [1.807, 2.05) is 0 Å². The molecule has 1 radical (unpaired) electrons. The SMILES string of the molecule is C=C(CCCCS(=O)(=O)O)C(N)=O.[Na]. The number of primary amides is 1. The van der Waals surface area contributed by atoms with E-state index in [0.717, 1.165) is 0 Å². The molecule has 77 valence electrons. The first kappa shape index (κ1) is 16.5. The predicted molar refractivity (Wildman–Crippen MR) is 54.4 cm³/mol. The molecule has 0 spiro atoms. The van der Waals surface area contributed by atoms with Crippen molar-refractivity contribution < 1.29 is 17.8 Å². The number of carbonyl (C=O) groups is 1. The standard InChI is InChI=1S/C7H13NO4S.Na/c1-6(7(8)9)4-2-3-5-13(10,11)12;/h1-5H2,(H2,8,9)(H,10,11,12);. The van der Waals surface area contributed by atoms with Gasteiger partial charge in [0.15, 0.2) is 0 Å². The zero-order chi connectivity index (χ0) is 10.5. The minimum atomic E-state index is -3.89. The molecule has 0 bridgehead atoms. The molecule has 0 heterocycles. The second kappa shape index (κ2) is 7.42. The Morgan fingerprint density at radius 2 is 1.86 bits per heavy atom. The Bertz CT molecular complexity index is 299. The van der Waals surface area contributed by atoms with Gasteiger partial charge in [-0.05, 0) is 19.3 Å². The van der Waals surface area contributed by atoms with E-state index in [0.29, 0.717) is 19.3 Å². The second-order valence-electron chi connectivity index (χ2n) is 2.71. The third kappa shape index (κ3) is 10.2. The van der Waals surface area contributed by atoms with Crippen LogP contribution >= 0.6 is 0 Å². The zero-order valence-electron chi connectivity index (χ0n) is 8.19. The molecule has 0 fully saturated rings. The minimum absolute atomic E-state index is 0. The molecule has 14 heavy (non-hydrogen) atoms. The first-order valence-electron chi connectivity index (χ1n) is 3.75. The van der Waals surface area contributed by atoms with Crippen molar-refractivity contribution in [2.24, 2.45) is 5.73 Å². The van der Waals surface area contributed by atoms with Crippen LogP contribution in [-0.2, 0) is 14.9 Å². The number of hydrogen-bond donors (Lipinski definition) is 2. The summed E-state index contributed by atoms with van der Waals surface area (Å²) in [6.07, 6.45) is 1.14. The van der Waals surface area contributed by atoms with Crippen LogP contribution in [0.3, 0.4) is 0 Å². The summed E-state index contributed by atoms with van der Waals surface area (Å²) in [6, 6.07) is 0. The average Bonchev–Trinajstić information content (AvgIpc) is 1.95. The zero-order valence-corrected chi connectivity index (χ0v) is 11.0. The van der Waals surface area contributed by atoms with E-state index >= 15 is 0 Å². The third-order valence-electron chi connectivity index (χ3n) is 1.48. The summed E-state index contributed by atoms with van der Waals surface area (Å²) >= 11 is 0. The second-order valence-corrected chi connectivity index (χ2v) is 4.28. The molecule has 0 aliphatic rings. The molecule has 7 heteroatoms. The van der Waals surface area contributed by atoms with Crippen LogP contribution in [0.4, 0.5) is 0 Å². The molecule has 0 atom stereocenters. The molecule has 0 aromatic rings. The minimum Gasteiger partial charge on any atom is -0.366 e. The van der Waals surface area contributed by atoms with Gasteiger partial charge >= 0.3 is 0 Å². The Kier molecular flexibility index (Phi) is 8.77. The van der Waals surface area contributed by atoms with Crippen molar-refractivity contribution in [3.05, 3.63) is 12.2 Å². The van der Waals surface area contributed by atoms with Gasteiger partial charge in [0.05, 0.1) is 5.75 Å². The van der Waals surface area contributed by atoms with E-state index in [1.165, 1.54) is 0 Å². The number of hydrogen-bond acceptors (Lipinski definition) is 3. The van der Waals surface area contributed by atoms with Gasteiger partial charge < -0.3 is 5.73 Å². The fraction of sp³-hybridized carbons (Fsp3) is 0.571. The number of amides is 1. The monoisotopic (exact) mass is 230 g/mol. The molecule has 5 nitrogen and oxygen atoms in total. The Morgan fingerprint density at radius 1 is 1.36 bits per heavy atom. The van der Waals surface area contributed by atoms with Crippen molar-refractivity contribution in [1.82, 2.24) is 0 Å². The third-order valence-corrected chi connectivity index (χ3v) is 2.28. The molecular weight excluding hydrogens is 217 g/mol. The number of rotatable bonds is 6. The molecule has 0 rings (SSSR count). The normalized spacial score (nSPS) is 10.4. The maximum absolute atomic E-state index is 10.4. The van der Waals surface area contributed by atoms with E-state index < -0.39 is 16.0 Å². The molecule has 0 unspecified atom stereocenters. The van der Waals surface area contributed by atoms with Gasteiger partial charge in [-0.15, -0.1) is 0 Å². The molecule has 3 N–H and O–H groups in total. The quantitative estimate of drug-likeness (QED) is 0.283. The fourth-order valence-electron chi connectivity index (χ4n) is 0.746. The fourth-order valence-corrected chi connectivity index (χ4v) is 1.31. The van der Waals surface area contributed by atoms with Crippen molar-refractivity contribution in [3.8, 4) is 0 Å². The largest absolute Gasteiger partial charge is 0.366 e. The van der Waals surface area contributed by atoms with Crippen molar-refractivity contribution in [2.75, 3.05) is 5.75 Å². The topological polar surface area (TPSA) is 97.5 Å². The van der Waals surface area contributed by atoms with Crippen LogP contribution in [0.15, 0.2) is 12.2 Å². The van der Waals surface area contributed by atoms with E-state index in [2.05, 4.69) is 6.58 Å². The van der Waals surface area contributed by atoms with Gasteiger partial charge in [-0.25, -0.2) is 0 Å². The summed E-state index contributed by atoms with van der Waals surface area (Å²) < 4.78 is 28.9. The van der Waals surface area contributed by atoms with Crippen LogP contribution in [0.2, 0.25) is 0 Å². The number of unbranched alkanes of at least 4 members (excludes halogenated alkanes) is 1. The molecule has 0 aliphatic heterocycles. The summed E-state index contributed by atoms with van der Waals surface area (Å²) in [5.74, 6) is -0.870. The van der Waals surface area contributed by atoms with Gasteiger partial charge in [0, 0.05) is 35.1 Å². The van der Waals surface area contributed by atoms with Crippen LogP contribution in [0.5, 0.6) is 0 Å². The van der Waals surface area contributed by atoms with E-state index in [-0.39, 0.29) is 40.9 Å². The molecule has 0 aromatic heterocycles. The van der Waals surface area contributed by atoms with Crippen LogP contribution in [0, 0.1) is 0 Å². The van der Waals surface area contributed by atoms with Crippen LogP contribution < -0.4 is 5.73 Å². The van der Waals surface area contributed by atoms with Crippen molar-refractivity contribution in [2.45, 2.75) is 19.3 Å². The molecule has 0 saturated carbocycles. The summed E-state index contributed by atoms with van der Waals surface area (Å²) in [4.78, 5) is 10.4. The van der Waals surface area contributed by atoms with E-state index in [4.69, 9.17) is 10.3 Å². The maximum Gasteiger partial charge on any atom is 0.264 e. The van der Waals surface area contributed by atoms with E-state index in [1.54, 1.807) is 0 Å². The molecule has 0 saturated heterocycles. The number of nitrogens with two attached hydrogens (primary N) is 1. The smallest absolute Gasteiger partial charge is 0.264 e. The van der Waals surface area contributed by atoms with Gasteiger partial charge in [0.1, 0.15) is 0 Å².